The molecule has 2 aliphatic heterocycles. The molecule has 16 heavy (non-hydrogen) atoms. The maximum Gasteiger partial charge on any atom is 0.273 e. The van der Waals surface area contributed by atoms with Gasteiger partial charge in [-0.05, 0) is 19.3 Å². The van der Waals surface area contributed by atoms with Crippen LogP contribution in [0.5, 0.6) is 0 Å². The molecule has 2 atom stereocenters. The zero-order valence-corrected chi connectivity index (χ0v) is 9.66. The SMILES string of the molecule is O=C(C(F)Cl)N1CCCCC1C1OCCO1. The first kappa shape index (κ1) is 12.1. The highest BCUT2D eigenvalue weighted by Gasteiger charge is 2.38. The monoisotopic (exact) mass is 251 g/mol. The highest BCUT2D eigenvalue weighted by Crippen LogP contribution is 2.25. The number of nitrogens with zero attached hydrogens (tertiary/aromatic N) is 1. The summed E-state index contributed by atoms with van der Waals surface area (Å²) >= 11 is 5.19. The van der Waals surface area contributed by atoms with E-state index >= 15 is 0 Å². The second kappa shape index (κ2) is 5.29. The van der Waals surface area contributed by atoms with E-state index in [0.29, 0.717) is 19.8 Å². The van der Waals surface area contributed by atoms with Crippen LogP contribution in [0.25, 0.3) is 0 Å². The van der Waals surface area contributed by atoms with Gasteiger partial charge < -0.3 is 14.4 Å². The Bertz CT molecular complexity index is 258. The van der Waals surface area contributed by atoms with Crippen molar-refractivity contribution >= 4 is 17.5 Å². The summed E-state index contributed by atoms with van der Waals surface area (Å²) in [5.41, 5.74) is -1.97. The van der Waals surface area contributed by atoms with Gasteiger partial charge >= 0.3 is 0 Å². The summed E-state index contributed by atoms with van der Waals surface area (Å²) in [5.74, 6) is -0.675. The van der Waals surface area contributed by atoms with Gasteiger partial charge in [-0.25, -0.2) is 4.39 Å². The molecule has 2 unspecified atom stereocenters. The number of likely N-dealkylation sites (tertiary alicyclic amines) is 1. The van der Waals surface area contributed by atoms with Gasteiger partial charge in [0.15, 0.2) is 6.29 Å². The largest absolute Gasteiger partial charge is 0.348 e. The van der Waals surface area contributed by atoms with Crippen LogP contribution in [0.3, 0.4) is 0 Å². The zero-order chi connectivity index (χ0) is 11.5. The molecule has 0 aromatic heterocycles. The van der Waals surface area contributed by atoms with E-state index < -0.39 is 17.8 Å². The molecule has 2 aliphatic rings. The molecule has 6 heteroatoms. The second-order valence-electron chi connectivity index (χ2n) is 4.01. The molecule has 2 heterocycles. The maximum atomic E-state index is 12.8. The molecule has 0 saturated carbocycles. The smallest absolute Gasteiger partial charge is 0.273 e. The Morgan fingerprint density at radius 2 is 2.06 bits per heavy atom. The summed E-state index contributed by atoms with van der Waals surface area (Å²) in [6.45, 7) is 1.59. The second-order valence-corrected chi connectivity index (χ2v) is 4.39. The van der Waals surface area contributed by atoms with Crippen molar-refractivity contribution in [2.24, 2.45) is 0 Å². The molecule has 4 nitrogen and oxygen atoms in total. The molecule has 92 valence electrons. The predicted molar refractivity (Wildman–Crippen MR) is 55.8 cm³/mol. The van der Waals surface area contributed by atoms with E-state index in [-0.39, 0.29) is 6.04 Å². The van der Waals surface area contributed by atoms with Crippen LogP contribution in [-0.2, 0) is 14.3 Å². The lowest BCUT2D eigenvalue weighted by Crippen LogP contribution is -2.51. The summed E-state index contributed by atoms with van der Waals surface area (Å²) in [4.78, 5) is 13.0. The lowest BCUT2D eigenvalue weighted by Gasteiger charge is -2.37. The third kappa shape index (κ3) is 2.47. The molecule has 0 radical (unpaired) electrons. The maximum absolute atomic E-state index is 12.8. The van der Waals surface area contributed by atoms with Crippen molar-refractivity contribution < 1.29 is 18.7 Å². The Labute approximate surface area is 98.6 Å². The van der Waals surface area contributed by atoms with Gasteiger partial charge in [-0.15, -0.1) is 0 Å². The third-order valence-corrected chi connectivity index (χ3v) is 3.17. The van der Waals surface area contributed by atoms with Crippen molar-refractivity contribution in [1.82, 2.24) is 4.90 Å². The minimum Gasteiger partial charge on any atom is -0.348 e. The molecule has 2 saturated heterocycles. The minimum absolute atomic E-state index is 0.194. The van der Waals surface area contributed by atoms with Crippen LogP contribution in [-0.4, -0.2) is 48.5 Å². The summed E-state index contributed by atoms with van der Waals surface area (Å²) in [5, 5.41) is 0. The van der Waals surface area contributed by atoms with Gasteiger partial charge in [0.25, 0.3) is 11.5 Å². The van der Waals surface area contributed by atoms with Crippen molar-refractivity contribution in [2.45, 2.75) is 37.2 Å². The predicted octanol–water partition coefficient (Wildman–Crippen LogP) is 1.27. The van der Waals surface area contributed by atoms with Crippen LogP contribution >= 0.6 is 11.6 Å². The van der Waals surface area contributed by atoms with Gasteiger partial charge in [0.1, 0.15) is 0 Å². The van der Waals surface area contributed by atoms with Crippen LogP contribution in [0.4, 0.5) is 4.39 Å². The molecular formula is C10H15ClFNO3. The number of carbonyl (C=O) groups is 1. The molecule has 0 aromatic carbocycles. The summed E-state index contributed by atoms with van der Waals surface area (Å²) in [7, 11) is 0. The molecule has 0 bridgehead atoms. The molecule has 0 aliphatic carbocycles. The number of carbonyl (C=O) groups excluding carboxylic acids is 1. The molecule has 0 aromatic rings. The fourth-order valence-corrected chi connectivity index (χ4v) is 2.36. The first-order valence-corrected chi connectivity index (χ1v) is 5.95. The van der Waals surface area contributed by atoms with Crippen LogP contribution in [0.15, 0.2) is 0 Å². The Morgan fingerprint density at radius 1 is 1.38 bits per heavy atom. The number of rotatable bonds is 2. The number of alkyl halides is 2. The Kier molecular flexibility index (Phi) is 4.00. The Morgan fingerprint density at radius 3 is 2.69 bits per heavy atom. The number of amides is 1. The standard InChI is InChI=1S/C10H15ClFNO3/c11-8(12)9(14)13-4-2-1-3-7(13)10-15-5-6-16-10/h7-8,10H,1-6H2. The van der Waals surface area contributed by atoms with E-state index in [9.17, 15) is 9.18 Å². The Hall–Kier alpha value is -0.390. The van der Waals surface area contributed by atoms with Crippen LogP contribution in [0, 0.1) is 0 Å². The van der Waals surface area contributed by atoms with Crippen molar-refractivity contribution in [3.8, 4) is 0 Å². The lowest BCUT2D eigenvalue weighted by atomic mass is 10.0. The number of halogens is 2. The molecule has 0 N–H and O–H groups in total. The van der Waals surface area contributed by atoms with Gasteiger partial charge in [0.2, 0.25) is 0 Å². The lowest BCUT2D eigenvalue weighted by molar-refractivity contribution is -0.152. The highest BCUT2D eigenvalue weighted by atomic mass is 35.5. The van der Waals surface area contributed by atoms with E-state index in [1.54, 1.807) is 0 Å². The number of hydrogen-bond acceptors (Lipinski definition) is 3. The molecule has 0 spiro atoms. The van der Waals surface area contributed by atoms with Gasteiger partial charge in [0, 0.05) is 6.54 Å². The van der Waals surface area contributed by atoms with Gasteiger partial charge in [-0.1, -0.05) is 11.6 Å². The van der Waals surface area contributed by atoms with Gasteiger partial charge in [0.05, 0.1) is 19.3 Å². The van der Waals surface area contributed by atoms with E-state index in [0.717, 1.165) is 19.3 Å². The van der Waals surface area contributed by atoms with Crippen molar-refractivity contribution in [2.75, 3.05) is 19.8 Å². The van der Waals surface area contributed by atoms with Crippen molar-refractivity contribution in [3.05, 3.63) is 0 Å². The van der Waals surface area contributed by atoms with E-state index in [2.05, 4.69) is 0 Å². The normalized spacial score (nSPS) is 29.4. The van der Waals surface area contributed by atoms with E-state index in [1.165, 1.54) is 4.90 Å². The molecule has 2 fully saturated rings. The molecule has 1 amide bonds. The van der Waals surface area contributed by atoms with Gasteiger partial charge in [-0.2, -0.15) is 0 Å². The fraction of sp³-hybridized carbons (Fsp3) is 0.900. The van der Waals surface area contributed by atoms with E-state index in [4.69, 9.17) is 21.1 Å². The summed E-state index contributed by atoms with van der Waals surface area (Å²) < 4.78 is 23.6. The minimum atomic E-state index is -1.97. The van der Waals surface area contributed by atoms with Crippen LogP contribution < -0.4 is 0 Å². The van der Waals surface area contributed by atoms with Crippen LogP contribution in [0.1, 0.15) is 19.3 Å². The Balaban J connectivity index is 2.04. The first-order chi connectivity index (χ1) is 7.70. The molecular weight excluding hydrogens is 237 g/mol. The van der Waals surface area contributed by atoms with Gasteiger partial charge in [-0.3, -0.25) is 4.79 Å². The number of hydrogen-bond donors (Lipinski definition) is 0. The molecule has 2 rings (SSSR count). The quantitative estimate of drug-likeness (QED) is 0.694. The van der Waals surface area contributed by atoms with Crippen molar-refractivity contribution in [3.63, 3.8) is 0 Å². The van der Waals surface area contributed by atoms with Crippen LogP contribution in [0.2, 0.25) is 0 Å². The average molecular weight is 252 g/mol. The summed E-state index contributed by atoms with van der Waals surface area (Å²) in [6.07, 6.45) is 2.23. The average Bonchev–Trinajstić information content (AvgIpc) is 2.81. The number of piperidine rings is 1. The zero-order valence-electron chi connectivity index (χ0n) is 8.90. The summed E-state index contributed by atoms with van der Waals surface area (Å²) in [6, 6.07) is -0.194. The highest BCUT2D eigenvalue weighted by molar-refractivity contribution is 6.29. The number of ether oxygens (including phenoxy) is 2. The van der Waals surface area contributed by atoms with Crippen molar-refractivity contribution in [1.29, 1.82) is 0 Å². The third-order valence-electron chi connectivity index (χ3n) is 2.98. The topological polar surface area (TPSA) is 38.8 Å². The van der Waals surface area contributed by atoms with E-state index in [1.807, 2.05) is 0 Å². The first-order valence-electron chi connectivity index (χ1n) is 5.52. The fourth-order valence-electron chi connectivity index (χ4n) is 2.24.